The predicted octanol–water partition coefficient (Wildman–Crippen LogP) is 1.60. The molecule has 0 spiro atoms. The summed E-state index contributed by atoms with van der Waals surface area (Å²) >= 11 is 0. The van der Waals surface area contributed by atoms with E-state index in [2.05, 4.69) is 10.6 Å². The standard InChI is InChI=1S/C13H18N2O2.ClH/c1-17-12-4-2-3-10(9-12)13(16)15-11-5-7-14-8-6-11;/h2-4,9,11,14H,5-8H2,1H3,(H,15,16);1H. The van der Waals surface area contributed by atoms with Crippen molar-refractivity contribution in [2.45, 2.75) is 18.9 Å². The average Bonchev–Trinajstić information content (AvgIpc) is 2.40. The summed E-state index contributed by atoms with van der Waals surface area (Å²) in [5.74, 6) is 0.693. The number of halogens is 1. The van der Waals surface area contributed by atoms with E-state index in [9.17, 15) is 4.79 Å². The van der Waals surface area contributed by atoms with Gasteiger partial charge in [0.25, 0.3) is 5.91 Å². The minimum Gasteiger partial charge on any atom is -0.497 e. The van der Waals surface area contributed by atoms with Crippen molar-refractivity contribution in [2.24, 2.45) is 0 Å². The van der Waals surface area contributed by atoms with Gasteiger partial charge in [0.05, 0.1) is 7.11 Å². The fraction of sp³-hybridized carbons (Fsp3) is 0.462. The molecule has 2 N–H and O–H groups in total. The van der Waals surface area contributed by atoms with Crippen LogP contribution in [0.2, 0.25) is 0 Å². The van der Waals surface area contributed by atoms with Gasteiger partial charge in [0, 0.05) is 11.6 Å². The molecule has 0 radical (unpaired) electrons. The minimum atomic E-state index is -0.0178. The Morgan fingerprint density at radius 3 is 2.78 bits per heavy atom. The molecule has 1 aromatic rings. The zero-order valence-electron chi connectivity index (χ0n) is 10.4. The Balaban J connectivity index is 0.00000162. The monoisotopic (exact) mass is 270 g/mol. The van der Waals surface area contributed by atoms with Crippen LogP contribution >= 0.6 is 12.4 Å². The first-order valence-corrected chi connectivity index (χ1v) is 5.95. The Morgan fingerprint density at radius 2 is 2.11 bits per heavy atom. The summed E-state index contributed by atoms with van der Waals surface area (Å²) in [6, 6.07) is 7.52. The molecule has 0 saturated carbocycles. The number of nitrogens with one attached hydrogen (secondary N) is 2. The molecule has 1 fully saturated rings. The molecule has 0 aliphatic carbocycles. The Bertz CT molecular complexity index is 392. The second kappa shape index (κ2) is 7.24. The van der Waals surface area contributed by atoms with Crippen LogP contribution in [0.4, 0.5) is 0 Å². The number of carbonyl (C=O) groups is 1. The molecule has 1 aliphatic rings. The largest absolute Gasteiger partial charge is 0.497 e. The molecule has 0 aromatic heterocycles. The maximum absolute atomic E-state index is 12.0. The van der Waals surface area contributed by atoms with Crippen LogP contribution in [0.15, 0.2) is 24.3 Å². The lowest BCUT2D eigenvalue weighted by molar-refractivity contribution is 0.0929. The van der Waals surface area contributed by atoms with Gasteiger partial charge in [-0.15, -0.1) is 12.4 Å². The third kappa shape index (κ3) is 3.89. The zero-order valence-corrected chi connectivity index (χ0v) is 11.3. The van der Waals surface area contributed by atoms with Crippen molar-refractivity contribution >= 4 is 18.3 Å². The molecule has 4 nitrogen and oxygen atoms in total. The van der Waals surface area contributed by atoms with Gasteiger partial charge in [-0.1, -0.05) is 6.07 Å². The first-order valence-electron chi connectivity index (χ1n) is 5.95. The quantitative estimate of drug-likeness (QED) is 0.877. The lowest BCUT2D eigenvalue weighted by Gasteiger charge is -2.23. The molecular formula is C13H19ClN2O2. The van der Waals surface area contributed by atoms with E-state index in [1.807, 2.05) is 12.1 Å². The van der Waals surface area contributed by atoms with Crippen LogP contribution in [-0.4, -0.2) is 32.1 Å². The topological polar surface area (TPSA) is 50.4 Å². The summed E-state index contributed by atoms with van der Waals surface area (Å²) in [7, 11) is 1.60. The van der Waals surface area contributed by atoms with Crippen molar-refractivity contribution in [1.29, 1.82) is 0 Å². The molecule has 5 heteroatoms. The maximum atomic E-state index is 12.0. The van der Waals surface area contributed by atoms with Crippen molar-refractivity contribution in [2.75, 3.05) is 20.2 Å². The molecule has 18 heavy (non-hydrogen) atoms. The van der Waals surface area contributed by atoms with Crippen LogP contribution in [0, 0.1) is 0 Å². The lowest BCUT2D eigenvalue weighted by Crippen LogP contribution is -2.42. The van der Waals surface area contributed by atoms with Crippen molar-refractivity contribution in [3.63, 3.8) is 0 Å². The molecule has 0 unspecified atom stereocenters. The summed E-state index contributed by atoms with van der Waals surface area (Å²) in [5.41, 5.74) is 0.655. The lowest BCUT2D eigenvalue weighted by atomic mass is 10.1. The number of hydrogen-bond acceptors (Lipinski definition) is 3. The molecule has 1 amide bonds. The second-order valence-electron chi connectivity index (χ2n) is 4.23. The summed E-state index contributed by atoms with van der Waals surface area (Å²) in [6.07, 6.45) is 1.99. The van der Waals surface area contributed by atoms with E-state index in [0.29, 0.717) is 11.3 Å². The van der Waals surface area contributed by atoms with Crippen molar-refractivity contribution < 1.29 is 9.53 Å². The normalized spacial score (nSPS) is 15.6. The van der Waals surface area contributed by atoms with Gasteiger partial charge in [-0.2, -0.15) is 0 Å². The molecule has 0 atom stereocenters. The average molecular weight is 271 g/mol. The van der Waals surface area contributed by atoms with E-state index in [1.165, 1.54) is 0 Å². The number of hydrogen-bond donors (Lipinski definition) is 2. The van der Waals surface area contributed by atoms with Gasteiger partial charge in [-0.3, -0.25) is 4.79 Å². The van der Waals surface area contributed by atoms with Crippen molar-refractivity contribution in [3.8, 4) is 5.75 Å². The molecule has 100 valence electrons. The highest BCUT2D eigenvalue weighted by Gasteiger charge is 2.16. The minimum absolute atomic E-state index is 0. The van der Waals surface area contributed by atoms with E-state index in [4.69, 9.17) is 4.74 Å². The van der Waals surface area contributed by atoms with E-state index in [-0.39, 0.29) is 24.4 Å². The third-order valence-electron chi connectivity index (χ3n) is 3.01. The van der Waals surface area contributed by atoms with Crippen LogP contribution in [-0.2, 0) is 0 Å². The molecule has 0 bridgehead atoms. The Labute approximate surface area is 114 Å². The third-order valence-corrected chi connectivity index (χ3v) is 3.01. The number of benzene rings is 1. The molecule has 1 aromatic carbocycles. The number of amides is 1. The first-order chi connectivity index (χ1) is 8.29. The fourth-order valence-electron chi connectivity index (χ4n) is 2.00. The summed E-state index contributed by atoms with van der Waals surface area (Å²) in [5, 5.41) is 6.33. The van der Waals surface area contributed by atoms with Gasteiger partial charge in [0.2, 0.25) is 0 Å². The van der Waals surface area contributed by atoms with Crippen LogP contribution in [0.3, 0.4) is 0 Å². The molecular weight excluding hydrogens is 252 g/mol. The van der Waals surface area contributed by atoms with Gasteiger partial charge < -0.3 is 15.4 Å². The maximum Gasteiger partial charge on any atom is 0.251 e. The van der Waals surface area contributed by atoms with Crippen LogP contribution in [0.5, 0.6) is 5.75 Å². The molecule has 2 rings (SSSR count). The smallest absolute Gasteiger partial charge is 0.251 e. The number of ether oxygens (including phenoxy) is 1. The number of rotatable bonds is 3. The summed E-state index contributed by atoms with van der Waals surface area (Å²) < 4.78 is 5.10. The number of methoxy groups -OCH3 is 1. The highest BCUT2D eigenvalue weighted by molar-refractivity contribution is 5.94. The van der Waals surface area contributed by atoms with Crippen molar-refractivity contribution in [1.82, 2.24) is 10.6 Å². The van der Waals surface area contributed by atoms with Crippen LogP contribution < -0.4 is 15.4 Å². The van der Waals surface area contributed by atoms with Crippen molar-refractivity contribution in [3.05, 3.63) is 29.8 Å². The SMILES string of the molecule is COc1cccc(C(=O)NC2CCNCC2)c1.Cl. The summed E-state index contributed by atoms with van der Waals surface area (Å²) in [6.45, 7) is 1.95. The second-order valence-corrected chi connectivity index (χ2v) is 4.23. The Kier molecular flexibility index (Phi) is 5.95. The van der Waals surface area contributed by atoms with Gasteiger partial charge in [-0.05, 0) is 44.1 Å². The molecule has 1 aliphatic heterocycles. The highest BCUT2D eigenvalue weighted by Crippen LogP contribution is 2.13. The highest BCUT2D eigenvalue weighted by atomic mass is 35.5. The van der Waals surface area contributed by atoms with E-state index in [0.717, 1.165) is 25.9 Å². The van der Waals surface area contributed by atoms with E-state index >= 15 is 0 Å². The first kappa shape index (κ1) is 14.8. The Morgan fingerprint density at radius 1 is 1.39 bits per heavy atom. The van der Waals surface area contributed by atoms with Crippen LogP contribution in [0.25, 0.3) is 0 Å². The predicted molar refractivity (Wildman–Crippen MR) is 73.6 cm³/mol. The number of carbonyl (C=O) groups excluding carboxylic acids is 1. The van der Waals surface area contributed by atoms with Crippen LogP contribution in [0.1, 0.15) is 23.2 Å². The molecule has 1 saturated heterocycles. The Hall–Kier alpha value is -1.26. The van der Waals surface area contributed by atoms with E-state index in [1.54, 1.807) is 19.2 Å². The van der Waals surface area contributed by atoms with Gasteiger partial charge in [-0.25, -0.2) is 0 Å². The molecule has 1 heterocycles. The zero-order chi connectivity index (χ0) is 12.1. The van der Waals surface area contributed by atoms with Gasteiger partial charge in [0.1, 0.15) is 5.75 Å². The van der Waals surface area contributed by atoms with Gasteiger partial charge in [0.15, 0.2) is 0 Å². The summed E-state index contributed by atoms with van der Waals surface area (Å²) in [4.78, 5) is 12.0. The van der Waals surface area contributed by atoms with Gasteiger partial charge >= 0.3 is 0 Å². The number of piperidine rings is 1. The van der Waals surface area contributed by atoms with E-state index < -0.39 is 0 Å². The fourth-order valence-corrected chi connectivity index (χ4v) is 2.00.